The average molecular weight is 439 g/mol. The number of rotatable bonds is 13. The van der Waals surface area contributed by atoms with Crippen LogP contribution in [0.25, 0.3) is 0 Å². The SMILES string of the molecule is CC(C)=CCC/C(C)=C/CC/C(C)=C/CC/C(C)=C/COC(=O)c1ccccc1C(=O)O. The number of aromatic carboxylic acids is 1. The molecule has 32 heavy (non-hydrogen) atoms. The third-order valence-electron chi connectivity index (χ3n) is 5.18. The van der Waals surface area contributed by atoms with Crippen molar-refractivity contribution in [1.29, 1.82) is 0 Å². The number of esters is 1. The van der Waals surface area contributed by atoms with E-state index in [0.29, 0.717) is 0 Å². The Balaban J connectivity index is 2.36. The smallest absolute Gasteiger partial charge is 0.339 e. The molecule has 0 fully saturated rings. The van der Waals surface area contributed by atoms with Gasteiger partial charge in [0.15, 0.2) is 0 Å². The minimum absolute atomic E-state index is 0.0447. The van der Waals surface area contributed by atoms with Gasteiger partial charge in [0.25, 0.3) is 0 Å². The summed E-state index contributed by atoms with van der Waals surface area (Å²) in [6, 6.07) is 6.08. The van der Waals surface area contributed by atoms with E-state index in [1.807, 2.05) is 13.0 Å². The van der Waals surface area contributed by atoms with Gasteiger partial charge in [-0.1, -0.05) is 52.7 Å². The molecule has 0 amide bonds. The van der Waals surface area contributed by atoms with E-state index in [1.54, 1.807) is 12.1 Å². The number of carbonyl (C=O) groups is 2. The predicted molar refractivity (Wildman–Crippen MR) is 132 cm³/mol. The molecule has 0 saturated carbocycles. The van der Waals surface area contributed by atoms with Gasteiger partial charge in [0.1, 0.15) is 6.61 Å². The molecule has 4 nitrogen and oxygen atoms in total. The van der Waals surface area contributed by atoms with E-state index >= 15 is 0 Å². The van der Waals surface area contributed by atoms with Gasteiger partial charge in [-0.15, -0.1) is 0 Å². The fraction of sp³-hybridized carbons (Fsp3) is 0.429. The Morgan fingerprint density at radius 3 is 1.72 bits per heavy atom. The summed E-state index contributed by atoms with van der Waals surface area (Å²) in [5, 5.41) is 9.17. The second-order valence-electron chi connectivity index (χ2n) is 8.50. The van der Waals surface area contributed by atoms with Gasteiger partial charge in [-0.2, -0.15) is 0 Å². The second kappa shape index (κ2) is 15.0. The van der Waals surface area contributed by atoms with E-state index < -0.39 is 11.9 Å². The first-order valence-corrected chi connectivity index (χ1v) is 11.3. The number of carboxylic acids is 1. The van der Waals surface area contributed by atoms with E-state index in [0.717, 1.165) is 44.1 Å². The highest BCUT2D eigenvalue weighted by molar-refractivity contribution is 6.02. The highest BCUT2D eigenvalue weighted by atomic mass is 16.5. The van der Waals surface area contributed by atoms with Crippen LogP contribution in [0, 0.1) is 0 Å². The third kappa shape index (κ3) is 11.5. The Hall–Kier alpha value is -2.88. The molecule has 0 aliphatic heterocycles. The fourth-order valence-corrected chi connectivity index (χ4v) is 3.17. The molecule has 0 bridgehead atoms. The minimum atomic E-state index is -1.14. The van der Waals surface area contributed by atoms with Crippen LogP contribution in [-0.4, -0.2) is 23.7 Å². The molecule has 0 saturated heterocycles. The maximum atomic E-state index is 12.2. The maximum Gasteiger partial charge on any atom is 0.339 e. The predicted octanol–water partition coefficient (Wildman–Crippen LogP) is 7.69. The van der Waals surface area contributed by atoms with Gasteiger partial charge in [0.05, 0.1) is 11.1 Å². The van der Waals surface area contributed by atoms with Crippen LogP contribution >= 0.6 is 0 Å². The van der Waals surface area contributed by atoms with Crippen molar-refractivity contribution in [2.75, 3.05) is 6.61 Å². The van der Waals surface area contributed by atoms with Crippen molar-refractivity contribution in [3.63, 3.8) is 0 Å². The average Bonchev–Trinajstić information content (AvgIpc) is 2.73. The van der Waals surface area contributed by atoms with Crippen LogP contribution in [0.5, 0.6) is 0 Å². The van der Waals surface area contributed by atoms with Crippen LogP contribution < -0.4 is 0 Å². The number of allylic oxidation sites excluding steroid dienone is 7. The van der Waals surface area contributed by atoms with E-state index in [1.165, 1.54) is 28.9 Å². The van der Waals surface area contributed by atoms with Crippen LogP contribution in [-0.2, 0) is 4.74 Å². The van der Waals surface area contributed by atoms with E-state index in [-0.39, 0.29) is 17.7 Å². The minimum Gasteiger partial charge on any atom is -0.478 e. The Labute approximate surface area is 193 Å². The zero-order chi connectivity index (χ0) is 23.9. The summed E-state index contributed by atoms with van der Waals surface area (Å²) in [5.41, 5.74) is 5.39. The topological polar surface area (TPSA) is 63.6 Å². The van der Waals surface area contributed by atoms with Gasteiger partial charge >= 0.3 is 11.9 Å². The summed E-state index contributed by atoms with van der Waals surface area (Å²) in [6.07, 6.45) is 15.0. The lowest BCUT2D eigenvalue weighted by molar-refractivity contribution is 0.0535. The zero-order valence-electron chi connectivity index (χ0n) is 20.2. The van der Waals surface area contributed by atoms with Crippen molar-refractivity contribution in [2.24, 2.45) is 0 Å². The molecular formula is C28H38O4. The van der Waals surface area contributed by atoms with Crippen LogP contribution in [0.3, 0.4) is 0 Å². The summed E-state index contributed by atoms with van der Waals surface area (Å²) < 4.78 is 5.23. The second-order valence-corrected chi connectivity index (χ2v) is 8.50. The first kappa shape index (κ1) is 27.2. The molecule has 0 atom stereocenters. The number of hydrogen-bond donors (Lipinski definition) is 1. The molecule has 0 radical (unpaired) electrons. The van der Waals surface area contributed by atoms with E-state index in [9.17, 15) is 14.7 Å². The molecule has 1 rings (SSSR count). The number of carbonyl (C=O) groups excluding carboxylic acids is 1. The molecular weight excluding hydrogens is 400 g/mol. The first-order chi connectivity index (χ1) is 15.2. The van der Waals surface area contributed by atoms with Gasteiger partial charge in [-0.05, 0) is 91.4 Å². The lowest BCUT2D eigenvalue weighted by Crippen LogP contribution is -2.11. The summed E-state index contributed by atoms with van der Waals surface area (Å²) in [6.45, 7) is 10.8. The third-order valence-corrected chi connectivity index (χ3v) is 5.18. The van der Waals surface area contributed by atoms with Gasteiger partial charge < -0.3 is 9.84 Å². The van der Waals surface area contributed by atoms with Gasteiger partial charge in [0, 0.05) is 0 Å². The molecule has 1 aromatic rings. The summed E-state index contributed by atoms with van der Waals surface area (Å²) in [5.74, 6) is -1.76. The highest BCUT2D eigenvalue weighted by Gasteiger charge is 2.16. The zero-order valence-corrected chi connectivity index (χ0v) is 20.2. The number of hydrogen-bond acceptors (Lipinski definition) is 3. The standard InChI is InChI=1S/C28H38O4/c1-21(2)11-8-12-22(3)13-9-14-23(4)15-10-16-24(5)19-20-32-28(31)26-18-7-6-17-25(26)27(29)30/h6-7,11,13,15,17-19H,8-10,12,14,16,20H2,1-5H3,(H,29,30)/b22-13+,23-15+,24-19+. The van der Waals surface area contributed by atoms with Crippen LogP contribution in [0.4, 0.5) is 0 Å². The molecule has 1 N–H and O–H groups in total. The monoisotopic (exact) mass is 438 g/mol. The Bertz CT molecular complexity index is 880. The summed E-state index contributed by atoms with van der Waals surface area (Å²) >= 11 is 0. The fourth-order valence-electron chi connectivity index (χ4n) is 3.17. The Kier molecular flexibility index (Phi) is 12.7. The van der Waals surface area contributed by atoms with Crippen molar-refractivity contribution in [2.45, 2.75) is 73.1 Å². The van der Waals surface area contributed by atoms with Crippen LogP contribution in [0.15, 0.2) is 70.9 Å². The number of benzene rings is 1. The van der Waals surface area contributed by atoms with Gasteiger partial charge in [0.2, 0.25) is 0 Å². The van der Waals surface area contributed by atoms with Crippen molar-refractivity contribution in [3.8, 4) is 0 Å². The first-order valence-electron chi connectivity index (χ1n) is 11.3. The van der Waals surface area contributed by atoms with Crippen LogP contribution in [0.1, 0.15) is 93.9 Å². The largest absolute Gasteiger partial charge is 0.478 e. The molecule has 1 aromatic carbocycles. The lowest BCUT2D eigenvalue weighted by atomic mass is 10.0. The lowest BCUT2D eigenvalue weighted by Gasteiger charge is -2.06. The number of ether oxygens (including phenoxy) is 1. The van der Waals surface area contributed by atoms with Gasteiger partial charge in [-0.25, -0.2) is 9.59 Å². The van der Waals surface area contributed by atoms with Crippen molar-refractivity contribution >= 4 is 11.9 Å². The molecule has 174 valence electrons. The van der Waals surface area contributed by atoms with Crippen LogP contribution in [0.2, 0.25) is 0 Å². The van der Waals surface area contributed by atoms with Crippen molar-refractivity contribution < 1.29 is 19.4 Å². The molecule has 0 heterocycles. The molecule has 0 spiro atoms. The Morgan fingerprint density at radius 2 is 1.22 bits per heavy atom. The molecule has 4 heteroatoms. The van der Waals surface area contributed by atoms with Crippen molar-refractivity contribution in [3.05, 3.63) is 82.0 Å². The number of carboxylic acid groups (broad SMARTS) is 1. The van der Waals surface area contributed by atoms with Crippen molar-refractivity contribution in [1.82, 2.24) is 0 Å². The van der Waals surface area contributed by atoms with E-state index in [2.05, 4.69) is 45.9 Å². The quantitative estimate of drug-likeness (QED) is 0.253. The molecule has 0 aromatic heterocycles. The molecule has 0 aliphatic rings. The summed E-state index contributed by atoms with van der Waals surface area (Å²) in [4.78, 5) is 23.4. The normalized spacial score (nSPS) is 12.5. The maximum absolute atomic E-state index is 12.2. The summed E-state index contributed by atoms with van der Waals surface area (Å²) in [7, 11) is 0. The Morgan fingerprint density at radius 1 is 0.750 bits per heavy atom. The highest BCUT2D eigenvalue weighted by Crippen LogP contribution is 2.14. The molecule has 0 aliphatic carbocycles. The van der Waals surface area contributed by atoms with Gasteiger partial charge in [-0.3, -0.25) is 0 Å². The van der Waals surface area contributed by atoms with E-state index in [4.69, 9.17) is 4.74 Å². The molecule has 0 unspecified atom stereocenters.